The highest BCUT2D eigenvalue weighted by molar-refractivity contribution is 6.03. The fourth-order valence-corrected chi connectivity index (χ4v) is 5.34. The molecule has 1 aliphatic rings. The SMILES string of the molecule is O=C(COc1ccc(C2C(CCC(O)c3ccc(F)cc3)C(=O)N2c2ccc(F)cc2)cc1)N[C@H](C(=O)O)c1ccccc1. The van der Waals surface area contributed by atoms with Crippen LogP contribution in [0.5, 0.6) is 5.75 Å². The quantitative estimate of drug-likeness (QED) is 0.185. The second-order valence-electron chi connectivity index (χ2n) is 10.5. The van der Waals surface area contributed by atoms with Crippen molar-refractivity contribution in [2.24, 2.45) is 5.92 Å². The Morgan fingerprint density at radius 1 is 0.841 bits per heavy atom. The first-order valence-electron chi connectivity index (χ1n) is 14.0. The van der Waals surface area contributed by atoms with E-state index in [2.05, 4.69) is 5.32 Å². The third-order valence-electron chi connectivity index (χ3n) is 7.60. The molecule has 226 valence electrons. The molecule has 0 radical (unpaired) electrons. The summed E-state index contributed by atoms with van der Waals surface area (Å²) in [5.41, 5.74) is 2.27. The van der Waals surface area contributed by atoms with E-state index in [1.165, 1.54) is 48.5 Å². The van der Waals surface area contributed by atoms with Gasteiger partial charge in [0.15, 0.2) is 12.6 Å². The van der Waals surface area contributed by atoms with Gasteiger partial charge in [0.2, 0.25) is 5.91 Å². The number of amides is 2. The molecular weight excluding hydrogens is 570 g/mol. The first kappa shape index (κ1) is 30.4. The number of nitrogens with zero attached hydrogens (tertiary/aromatic N) is 1. The first-order valence-corrected chi connectivity index (χ1v) is 14.0. The summed E-state index contributed by atoms with van der Waals surface area (Å²) in [4.78, 5) is 39.0. The Morgan fingerprint density at radius 3 is 2.07 bits per heavy atom. The van der Waals surface area contributed by atoms with Crippen LogP contribution < -0.4 is 15.0 Å². The number of aliphatic hydroxyl groups is 1. The molecule has 1 fully saturated rings. The first-order chi connectivity index (χ1) is 21.2. The van der Waals surface area contributed by atoms with Gasteiger partial charge in [0, 0.05) is 5.69 Å². The van der Waals surface area contributed by atoms with E-state index >= 15 is 0 Å². The summed E-state index contributed by atoms with van der Waals surface area (Å²) in [5.74, 6) is -2.93. The number of carbonyl (C=O) groups excluding carboxylic acids is 2. The van der Waals surface area contributed by atoms with Gasteiger partial charge in [-0.25, -0.2) is 13.6 Å². The van der Waals surface area contributed by atoms with Crippen LogP contribution >= 0.6 is 0 Å². The summed E-state index contributed by atoms with van der Waals surface area (Å²) in [6, 6.07) is 24.7. The second-order valence-corrected chi connectivity index (χ2v) is 10.5. The normalized spacial score (nSPS) is 17.3. The number of carbonyl (C=O) groups is 3. The molecule has 3 N–H and O–H groups in total. The van der Waals surface area contributed by atoms with Crippen molar-refractivity contribution in [2.75, 3.05) is 11.5 Å². The molecule has 0 saturated carbocycles. The number of ether oxygens (including phenoxy) is 1. The minimum Gasteiger partial charge on any atom is -0.484 e. The largest absolute Gasteiger partial charge is 0.484 e. The number of carboxylic acid groups (broad SMARTS) is 1. The van der Waals surface area contributed by atoms with Gasteiger partial charge in [0.05, 0.1) is 18.1 Å². The third-order valence-corrected chi connectivity index (χ3v) is 7.60. The van der Waals surface area contributed by atoms with Gasteiger partial charge >= 0.3 is 5.97 Å². The molecule has 8 nitrogen and oxygen atoms in total. The molecule has 0 aliphatic carbocycles. The maximum atomic E-state index is 13.6. The van der Waals surface area contributed by atoms with Crippen LogP contribution in [0.1, 0.15) is 47.7 Å². The van der Waals surface area contributed by atoms with Crippen molar-refractivity contribution >= 4 is 23.5 Å². The molecule has 3 unspecified atom stereocenters. The van der Waals surface area contributed by atoms with Gasteiger partial charge < -0.3 is 25.2 Å². The number of carboxylic acids is 1. The summed E-state index contributed by atoms with van der Waals surface area (Å²) in [6.45, 7) is -0.413. The van der Waals surface area contributed by atoms with Gasteiger partial charge in [-0.3, -0.25) is 9.59 Å². The second kappa shape index (κ2) is 13.5. The molecule has 5 rings (SSSR count). The Hall–Kier alpha value is -5.09. The van der Waals surface area contributed by atoms with Crippen LogP contribution in [0.15, 0.2) is 103 Å². The standard InChI is InChI=1S/C34H30F2N2O6/c35-24-10-6-21(7-11-24)29(39)19-18-28-32(38(33(28)41)26-14-12-25(36)13-15-26)23-8-16-27(17-9-23)44-20-30(40)37-31(34(42)43)22-4-2-1-3-5-22/h1-17,28-29,31-32,39H,18-20H2,(H,37,40)(H,42,43)/t28?,29?,31-,32?/m0/s1. The molecule has 44 heavy (non-hydrogen) atoms. The Balaban J connectivity index is 1.26. The van der Waals surface area contributed by atoms with Crippen molar-refractivity contribution in [1.29, 1.82) is 0 Å². The molecule has 4 aromatic carbocycles. The van der Waals surface area contributed by atoms with Crippen molar-refractivity contribution < 1.29 is 38.1 Å². The lowest BCUT2D eigenvalue weighted by Crippen LogP contribution is -2.55. The lowest BCUT2D eigenvalue weighted by Gasteiger charge is -2.48. The van der Waals surface area contributed by atoms with E-state index in [0.29, 0.717) is 29.0 Å². The zero-order valence-corrected chi connectivity index (χ0v) is 23.5. The number of aliphatic hydroxyl groups excluding tert-OH is 1. The van der Waals surface area contributed by atoms with E-state index in [4.69, 9.17) is 4.74 Å². The Kier molecular flexibility index (Phi) is 9.30. The molecule has 1 saturated heterocycles. The number of nitrogens with one attached hydrogen (secondary N) is 1. The van der Waals surface area contributed by atoms with Gasteiger partial charge in [0.1, 0.15) is 17.4 Å². The average Bonchev–Trinajstić information content (AvgIpc) is 3.03. The van der Waals surface area contributed by atoms with Crippen LogP contribution in [-0.2, 0) is 14.4 Å². The van der Waals surface area contributed by atoms with Crippen molar-refractivity contribution in [1.82, 2.24) is 5.32 Å². The van der Waals surface area contributed by atoms with Crippen LogP contribution in [0.25, 0.3) is 0 Å². The smallest absolute Gasteiger partial charge is 0.330 e. The van der Waals surface area contributed by atoms with Crippen molar-refractivity contribution in [3.63, 3.8) is 0 Å². The highest BCUT2D eigenvalue weighted by Gasteiger charge is 2.48. The van der Waals surface area contributed by atoms with Crippen LogP contribution in [0.3, 0.4) is 0 Å². The molecule has 4 aromatic rings. The van der Waals surface area contributed by atoms with E-state index in [1.807, 2.05) is 0 Å². The summed E-state index contributed by atoms with van der Waals surface area (Å²) in [5, 5.41) is 22.6. The fraction of sp³-hybridized carbons (Fsp3) is 0.206. The maximum Gasteiger partial charge on any atom is 0.330 e. The van der Waals surface area contributed by atoms with Gasteiger partial charge in [-0.05, 0) is 78.1 Å². The zero-order valence-electron chi connectivity index (χ0n) is 23.5. The Bertz CT molecular complexity index is 1600. The van der Waals surface area contributed by atoms with Gasteiger partial charge in [-0.1, -0.05) is 54.6 Å². The zero-order chi connectivity index (χ0) is 31.2. The number of halogens is 2. The van der Waals surface area contributed by atoms with E-state index in [-0.39, 0.29) is 12.3 Å². The molecule has 1 aliphatic heterocycles. The molecule has 10 heteroatoms. The van der Waals surface area contributed by atoms with Crippen molar-refractivity contribution in [3.8, 4) is 5.75 Å². The highest BCUT2D eigenvalue weighted by atomic mass is 19.1. The number of hydrogen-bond acceptors (Lipinski definition) is 5. The summed E-state index contributed by atoms with van der Waals surface area (Å²) in [6.07, 6.45) is -0.259. The van der Waals surface area contributed by atoms with Crippen LogP contribution in [0, 0.1) is 17.6 Å². The molecule has 4 atom stereocenters. The average molecular weight is 601 g/mol. The molecular formula is C34H30F2N2O6. The van der Waals surface area contributed by atoms with Crippen LogP contribution in [0.2, 0.25) is 0 Å². The minimum atomic E-state index is -1.22. The fourth-order valence-electron chi connectivity index (χ4n) is 5.34. The maximum absolute atomic E-state index is 13.6. The van der Waals surface area contributed by atoms with E-state index in [9.17, 15) is 33.4 Å². The number of aliphatic carboxylic acids is 1. The van der Waals surface area contributed by atoms with E-state index in [0.717, 1.165) is 5.56 Å². The van der Waals surface area contributed by atoms with Crippen LogP contribution in [0.4, 0.5) is 14.5 Å². The molecule has 1 heterocycles. The topological polar surface area (TPSA) is 116 Å². The van der Waals surface area contributed by atoms with Crippen molar-refractivity contribution in [3.05, 3.63) is 131 Å². The number of benzene rings is 4. The Labute approximate surface area is 252 Å². The third kappa shape index (κ3) is 6.92. The number of β-lactam (4-membered cyclic amide) rings is 1. The van der Waals surface area contributed by atoms with Gasteiger partial charge in [-0.15, -0.1) is 0 Å². The monoisotopic (exact) mass is 600 g/mol. The lowest BCUT2D eigenvalue weighted by atomic mass is 9.78. The molecule has 0 aromatic heterocycles. The van der Waals surface area contributed by atoms with Gasteiger partial charge in [-0.2, -0.15) is 0 Å². The Morgan fingerprint density at radius 2 is 1.45 bits per heavy atom. The van der Waals surface area contributed by atoms with E-state index in [1.54, 1.807) is 59.5 Å². The minimum absolute atomic E-state index is 0.170. The van der Waals surface area contributed by atoms with Gasteiger partial charge in [0.25, 0.3) is 5.91 Å². The van der Waals surface area contributed by atoms with Crippen molar-refractivity contribution in [2.45, 2.75) is 31.0 Å². The molecule has 2 amide bonds. The number of hydrogen-bond donors (Lipinski definition) is 3. The number of rotatable bonds is 12. The van der Waals surface area contributed by atoms with E-state index < -0.39 is 54.2 Å². The number of anilines is 1. The summed E-state index contributed by atoms with van der Waals surface area (Å²) in [7, 11) is 0. The molecule has 0 bridgehead atoms. The summed E-state index contributed by atoms with van der Waals surface area (Å²) < 4.78 is 32.5. The predicted molar refractivity (Wildman–Crippen MR) is 158 cm³/mol. The highest BCUT2D eigenvalue weighted by Crippen LogP contribution is 2.46. The van der Waals surface area contributed by atoms with Crippen LogP contribution in [-0.4, -0.2) is 34.6 Å². The molecule has 0 spiro atoms. The predicted octanol–water partition coefficient (Wildman–Crippen LogP) is 5.50. The summed E-state index contributed by atoms with van der Waals surface area (Å²) >= 11 is 0. The lowest BCUT2D eigenvalue weighted by molar-refractivity contribution is -0.142.